The number of nitrogens with one attached hydrogen (secondary N) is 1. The molecule has 0 aromatic carbocycles. The quantitative estimate of drug-likeness (QED) is 0.932. The summed E-state index contributed by atoms with van der Waals surface area (Å²) >= 11 is 5.87. The van der Waals surface area contributed by atoms with Gasteiger partial charge >= 0.3 is 0 Å². The standard InChI is InChI=1S/C16H20ClN5/c1-12(14-6-5-13(17)10-18-14)21-15-9-16(20-11-19-15)22-7-3-2-4-8-22/h5-6,9-12H,2-4,7-8H2,1H3,(H,19,20,21)/t12-/m0/s1. The maximum absolute atomic E-state index is 5.87. The van der Waals surface area contributed by atoms with E-state index in [0.717, 1.165) is 30.4 Å². The van der Waals surface area contributed by atoms with Gasteiger partial charge in [0.25, 0.3) is 0 Å². The van der Waals surface area contributed by atoms with Crippen LogP contribution in [-0.2, 0) is 0 Å². The summed E-state index contributed by atoms with van der Waals surface area (Å²) in [5, 5.41) is 4.02. The zero-order valence-electron chi connectivity index (χ0n) is 12.7. The molecule has 0 radical (unpaired) electrons. The number of aromatic nitrogens is 3. The van der Waals surface area contributed by atoms with Crippen molar-refractivity contribution in [2.75, 3.05) is 23.3 Å². The van der Waals surface area contributed by atoms with Gasteiger partial charge in [-0.2, -0.15) is 0 Å². The van der Waals surface area contributed by atoms with Gasteiger partial charge in [-0.05, 0) is 38.3 Å². The molecule has 0 aliphatic carbocycles. The molecule has 1 atom stereocenters. The van der Waals surface area contributed by atoms with Crippen LogP contribution in [-0.4, -0.2) is 28.0 Å². The summed E-state index contributed by atoms with van der Waals surface area (Å²) in [6.45, 7) is 4.20. The molecule has 1 saturated heterocycles. The second-order valence-corrected chi connectivity index (χ2v) is 6.01. The molecule has 6 heteroatoms. The van der Waals surface area contributed by atoms with E-state index < -0.39 is 0 Å². The average Bonchev–Trinajstić information content (AvgIpc) is 2.56. The molecular weight excluding hydrogens is 298 g/mol. The lowest BCUT2D eigenvalue weighted by molar-refractivity contribution is 0.573. The molecule has 0 bridgehead atoms. The van der Waals surface area contributed by atoms with Gasteiger partial charge in [0.2, 0.25) is 0 Å². The third-order valence-corrected chi connectivity index (χ3v) is 4.11. The second kappa shape index (κ2) is 6.92. The summed E-state index contributed by atoms with van der Waals surface area (Å²) in [5.74, 6) is 1.81. The Kier molecular flexibility index (Phi) is 4.73. The van der Waals surface area contributed by atoms with Crippen molar-refractivity contribution >= 4 is 23.2 Å². The zero-order valence-corrected chi connectivity index (χ0v) is 13.4. The maximum atomic E-state index is 5.87. The van der Waals surface area contributed by atoms with Crippen LogP contribution in [0.15, 0.2) is 30.7 Å². The number of hydrogen-bond donors (Lipinski definition) is 1. The topological polar surface area (TPSA) is 53.9 Å². The first-order chi connectivity index (χ1) is 10.7. The van der Waals surface area contributed by atoms with Crippen LogP contribution < -0.4 is 10.2 Å². The van der Waals surface area contributed by atoms with Crippen LogP contribution in [0.1, 0.15) is 37.9 Å². The van der Waals surface area contributed by atoms with Gasteiger partial charge in [0, 0.05) is 25.4 Å². The number of rotatable bonds is 4. The lowest BCUT2D eigenvalue weighted by Crippen LogP contribution is -2.30. The van der Waals surface area contributed by atoms with Gasteiger partial charge in [-0.1, -0.05) is 11.6 Å². The van der Waals surface area contributed by atoms with Crippen molar-refractivity contribution in [1.82, 2.24) is 15.0 Å². The van der Waals surface area contributed by atoms with Crippen LogP contribution in [0.3, 0.4) is 0 Å². The predicted molar refractivity (Wildman–Crippen MR) is 89.4 cm³/mol. The molecule has 0 amide bonds. The Morgan fingerprint density at radius 2 is 1.95 bits per heavy atom. The fraction of sp³-hybridized carbons (Fsp3) is 0.438. The van der Waals surface area contributed by atoms with Crippen molar-refractivity contribution in [3.05, 3.63) is 41.4 Å². The SMILES string of the molecule is C[C@H](Nc1cc(N2CCCCC2)ncn1)c1ccc(Cl)cn1. The minimum Gasteiger partial charge on any atom is -0.362 e. The molecule has 1 aliphatic heterocycles. The largest absolute Gasteiger partial charge is 0.362 e. The number of pyridine rings is 1. The normalized spacial score (nSPS) is 16.4. The van der Waals surface area contributed by atoms with E-state index in [4.69, 9.17) is 11.6 Å². The summed E-state index contributed by atoms with van der Waals surface area (Å²) < 4.78 is 0. The highest BCUT2D eigenvalue weighted by Crippen LogP contribution is 2.22. The minimum atomic E-state index is 0.0568. The number of anilines is 2. The van der Waals surface area contributed by atoms with Crippen LogP contribution in [0.4, 0.5) is 11.6 Å². The highest BCUT2D eigenvalue weighted by atomic mass is 35.5. The lowest BCUT2D eigenvalue weighted by Gasteiger charge is -2.27. The van der Waals surface area contributed by atoms with E-state index in [0.29, 0.717) is 5.02 Å². The van der Waals surface area contributed by atoms with Crippen LogP contribution >= 0.6 is 11.6 Å². The van der Waals surface area contributed by atoms with Crippen LogP contribution in [0, 0.1) is 0 Å². The lowest BCUT2D eigenvalue weighted by atomic mass is 10.1. The molecule has 3 rings (SSSR count). The summed E-state index contributed by atoms with van der Waals surface area (Å²) in [5.41, 5.74) is 0.933. The molecule has 0 spiro atoms. The van der Waals surface area contributed by atoms with E-state index in [2.05, 4.69) is 32.1 Å². The van der Waals surface area contributed by atoms with Crippen molar-refractivity contribution in [2.24, 2.45) is 0 Å². The van der Waals surface area contributed by atoms with Crippen LogP contribution in [0.25, 0.3) is 0 Å². The Labute approximate surface area is 135 Å². The van der Waals surface area contributed by atoms with Crippen molar-refractivity contribution in [1.29, 1.82) is 0 Å². The molecule has 1 aliphatic rings. The maximum Gasteiger partial charge on any atom is 0.134 e. The molecule has 116 valence electrons. The molecule has 1 N–H and O–H groups in total. The molecular formula is C16H20ClN5. The van der Waals surface area contributed by atoms with Gasteiger partial charge < -0.3 is 10.2 Å². The Morgan fingerprint density at radius 3 is 2.68 bits per heavy atom. The van der Waals surface area contributed by atoms with Gasteiger partial charge in [0.15, 0.2) is 0 Å². The summed E-state index contributed by atoms with van der Waals surface area (Å²) in [7, 11) is 0. The average molecular weight is 318 g/mol. The Balaban J connectivity index is 1.70. The van der Waals surface area contributed by atoms with Crippen molar-refractivity contribution in [3.63, 3.8) is 0 Å². The molecule has 0 saturated carbocycles. The number of nitrogens with zero attached hydrogens (tertiary/aromatic N) is 4. The van der Waals surface area contributed by atoms with Crippen LogP contribution in [0.5, 0.6) is 0 Å². The van der Waals surface area contributed by atoms with Gasteiger partial charge in [-0.25, -0.2) is 9.97 Å². The third-order valence-electron chi connectivity index (χ3n) is 3.89. The van der Waals surface area contributed by atoms with E-state index in [9.17, 15) is 0 Å². The smallest absolute Gasteiger partial charge is 0.134 e. The first-order valence-corrected chi connectivity index (χ1v) is 8.05. The van der Waals surface area contributed by atoms with Gasteiger partial charge in [0.05, 0.1) is 16.8 Å². The van der Waals surface area contributed by atoms with E-state index >= 15 is 0 Å². The highest BCUT2D eigenvalue weighted by molar-refractivity contribution is 6.30. The fourth-order valence-corrected chi connectivity index (χ4v) is 2.77. The summed E-state index contributed by atoms with van der Waals surface area (Å²) in [4.78, 5) is 15.4. The molecule has 3 heterocycles. The monoisotopic (exact) mass is 317 g/mol. The second-order valence-electron chi connectivity index (χ2n) is 5.58. The van der Waals surface area contributed by atoms with Crippen molar-refractivity contribution < 1.29 is 0 Å². The van der Waals surface area contributed by atoms with Gasteiger partial charge in [0.1, 0.15) is 18.0 Å². The van der Waals surface area contributed by atoms with Crippen molar-refractivity contribution in [2.45, 2.75) is 32.2 Å². The Morgan fingerprint density at radius 1 is 1.14 bits per heavy atom. The molecule has 2 aromatic heterocycles. The molecule has 5 nitrogen and oxygen atoms in total. The van der Waals surface area contributed by atoms with Gasteiger partial charge in [-0.3, -0.25) is 4.98 Å². The van der Waals surface area contributed by atoms with Crippen molar-refractivity contribution in [3.8, 4) is 0 Å². The van der Waals surface area contributed by atoms with E-state index in [-0.39, 0.29) is 6.04 Å². The van der Waals surface area contributed by atoms with E-state index in [1.54, 1.807) is 12.5 Å². The molecule has 22 heavy (non-hydrogen) atoms. The molecule has 0 unspecified atom stereocenters. The number of piperidine rings is 1. The summed E-state index contributed by atoms with van der Waals surface area (Å²) in [6.07, 6.45) is 7.06. The molecule has 2 aromatic rings. The number of hydrogen-bond acceptors (Lipinski definition) is 5. The molecule has 1 fully saturated rings. The third kappa shape index (κ3) is 3.65. The fourth-order valence-electron chi connectivity index (χ4n) is 2.66. The first kappa shape index (κ1) is 15.0. The zero-order chi connectivity index (χ0) is 15.4. The summed E-state index contributed by atoms with van der Waals surface area (Å²) in [6, 6.07) is 5.84. The Hall–Kier alpha value is -1.88. The predicted octanol–water partition coefficient (Wildman–Crippen LogP) is 3.69. The first-order valence-electron chi connectivity index (χ1n) is 7.67. The minimum absolute atomic E-state index is 0.0568. The highest BCUT2D eigenvalue weighted by Gasteiger charge is 2.14. The Bertz CT molecular complexity index is 610. The van der Waals surface area contributed by atoms with Crippen LogP contribution in [0.2, 0.25) is 5.02 Å². The van der Waals surface area contributed by atoms with E-state index in [1.807, 2.05) is 18.2 Å². The van der Waals surface area contributed by atoms with Gasteiger partial charge in [-0.15, -0.1) is 0 Å². The van der Waals surface area contributed by atoms with E-state index in [1.165, 1.54) is 19.3 Å². The number of halogens is 1.